The van der Waals surface area contributed by atoms with E-state index in [1.54, 1.807) is 6.20 Å². The third-order valence-corrected chi connectivity index (χ3v) is 3.18. The lowest BCUT2D eigenvalue weighted by Crippen LogP contribution is -2.08. The molecule has 4 nitrogen and oxygen atoms in total. The van der Waals surface area contributed by atoms with Crippen LogP contribution in [0.25, 0.3) is 10.9 Å². The van der Waals surface area contributed by atoms with Crippen LogP contribution in [0.15, 0.2) is 30.5 Å². The molecule has 0 spiro atoms. The van der Waals surface area contributed by atoms with Crippen LogP contribution in [0.1, 0.15) is 5.82 Å². The molecule has 0 aliphatic carbocycles. The second-order valence-electron chi connectivity index (χ2n) is 3.72. The van der Waals surface area contributed by atoms with Crippen LogP contribution in [0.4, 0.5) is 0 Å². The smallest absolute Gasteiger partial charge is 0.147 e. The van der Waals surface area contributed by atoms with Crippen LogP contribution in [0.3, 0.4) is 0 Å². The summed E-state index contributed by atoms with van der Waals surface area (Å²) >= 11 is 0. The Labute approximate surface area is 94.3 Å². The van der Waals surface area contributed by atoms with Gasteiger partial charge in [0.2, 0.25) is 0 Å². The molecule has 0 N–H and O–H groups in total. The average Bonchev–Trinajstić information content (AvgIpc) is 2.25. The minimum absolute atomic E-state index is 0.0886. The van der Waals surface area contributed by atoms with Gasteiger partial charge in [-0.2, -0.15) is 0 Å². The summed E-state index contributed by atoms with van der Waals surface area (Å²) in [5, 5.41) is 0.964. The average molecular weight is 236 g/mol. The van der Waals surface area contributed by atoms with Crippen molar-refractivity contribution in [3.05, 3.63) is 36.3 Å². The first kappa shape index (κ1) is 11.0. The highest BCUT2D eigenvalue weighted by atomic mass is 32.2. The zero-order valence-corrected chi connectivity index (χ0v) is 9.74. The Morgan fingerprint density at radius 1 is 1.25 bits per heavy atom. The van der Waals surface area contributed by atoms with E-state index >= 15 is 0 Å². The van der Waals surface area contributed by atoms with E-state index in [-0.39, 0.29) is 5.75 Å². The zero-order chi connectivity index (χ0) is 11.6. The number of aryl methyl sites for hydroxylation is 1. The predicted molar refractivity (Wildman–Crippen MR) is 63.0 cm³/mol. The Hall–Kier alpha value is -1.49. The van der Waals surface area contributed by atoms with Crippen molar-refractivity contribution in [1.82, 2.24) is 9.97 Å². The lowest BCUT2D eigenvalue weighted by Gasteiger charge is -2.01. The van der Waals surface area contributed by atoms with Crippen molar-refractivity contribution in [2.24, 2.45) is 0 Å². The summed E-state index contributed by atoms with van der Waals surface area (Å²) in [5.41, 5.74) is 0.848. The highest BCUT2D eigenvalue weighted by Crippen LogP contribution is 2.09. The van der Waals surface area contributed by atoms with Gasteiger partial charge >= 0.3 is 0 Å². The first-order chi connectivity index (χ1) is 7.54. The molecule has 2 aromatic rings. The fourth-order valence-corrected chi connectivity index (χ4v) is 1.96. The van der Waals surface area contributed by atoms with Crippen LogP contribution < -0.4 is 0 Å². The first-order valence-corrected chi connectivity index (χ1v) is 6.99. The van der Waals surface area contributed by atoms with Gasteiger partial charge in [0.1, 0.15) is 15.7 Å². The van der Waals surface area contributed by atoms with Gasteiger partial charge in [-0.15, -0.1) is 0 Å². The van der Waals surface area contributed by atoms with Crippen molar-refractivity contribution in [3.63, 3.8) is 0 Å². The number of hydrogen-bond acceptors (Lipinski definition) is 4. The van der Waals surface area contributed by atoms with Crippen molar-refractivity contribution in [3.8, 4) is 0 Å². The van der Waals surface area contributed by atoms with Crippen LogP contribution in [0.2, 0.25) is 0 Å². The molecular weight excluding hydrogens is 224 g/mol. The fourth-order valence-electron chi connectivity index (χ4n) is 1.41. The van der Waals surface area contributed by atoms with Crippen LogP contribution in [0.5, 0.6) is 0 Å². The van der Waals surface area contributed by atoms with Gasteiger partial charge in [-0.25, -0.2) is 18.4 Å². The molecule has 0 bridgehead atoms. The molecule has 0 atom stereocenters. The van der Waals surface area contributed by atoms with Crippen LogP contribution in [0, 0.1) is 0 Å². The van der Waals surface area contributed by atoms with Crippen LogP contribution in [-0.4, -0.2) is 30.4 Å². The van der Waals surface area contributed by atoms with Crippen molar-refractivity contribution < 1.29 is 8.42 Å². The third kappa shape index (κ3) is 2.76. The van der Waals surface area contributed by atoms with Crippen LogP contribution in [-0.2, 0) is 16.3 Å². The number of fused-ring (bicyclic) bond motifs is 1. The molecule has 2 rings (SSSR count). The van der Waals surface area contributed by atoms with E-state index in [1.807, 2.05) is 24.3 Å². The maximum atomic E-state index is 11.0. The summed E-state index contributed by atoms with van der Waals surface area (Å²) in [7, 11) is -2.96. The lowest BCUT2D eigenvalue weighted by molar-refractivity contribution is 0.600. The number of aromatic nitrogens is 2. The van der Waals surface area contributed by atoms with Gasteiger partial charge in [-0.05, 0) is 6.07 Å². The summed E-state index contributed by atoms with van der Waals surface area (Å²) in [5.74, 6) is 0.662. The predicted octanol–water partition coefficient (Wildman–Crippen LogP) is 1.22. The summed E-state index contributed by atoms with van der Waals surface area (Å²) in [4.78, 5) is 8.44. The summed E-state index contributed by atoms with van der Waals surface area (Å²) in [6.07, 6.45) is 3.30. The van der Waals surface area contributed by atoms with E-state index in [2.05, 4.69) is 9.97 Å². The number of sulfone groups is 1. The van der Waals surface area contributed by atoms with Gasteiger partial charge in [-0.3, -0.25) is 0 Å². The van der Waals surface area contributed by atoms with Crippen molar-refractivity contribution >= 4 is 20.7 Å². The van der Waals surface area contributed by atoms with Gasteiger partial charge in [0.25, 0.3) is 0 Å². The second kappa shape index (κ2) is 4.17. The van der Waals surface area contributed by atoms with E-state index in [4.69, 9.17) is 0 Å². The van der Waals surface area contributed by atoms with E-state index < -0.39 is 9.84 Å². The number of hydrogen-bond donors (Lipinski definition) is 0. The normalized spacial score (nSPS) is 11.8. The summed E-state index contributed by atoms with van der Waals surface area (Å²) in [6.45, 7) is 0. The largest absolute Gasteiger partial charge is 0.241 e. The van der Waals surface area contributed by atoms with Gasteiger partial charge in [-0.1, -0.05) is 18.2 Å². The molecule has 0 saturated carbocycles. The molecule has 0 radical (unpaired) electrons. The topological polar surface area (TPSA) is 59.9 Å². The van der Waals surface area contributed by atoms with E-state index in [9.17, 15) is 8.42 Å². The van der Waals surface area contributed by atoms with E-state index in [0.29, 0.717) is 12.2 Å². The Bertz CT molecular complexity index is 608. The molecular formula is C11H12N2O2S. The minimum Gasteiger partial charge on any atom is -0.241 e. The third-order valence-electron chi connectivity index (χ3n) is 2.24. The van der Waals surface area contributed by atoms with Crippen LogP contribution >= 0.6 is 0 Å². The maximum Gasteiger partial charge on any atom is 0.147 e. The highest BCUT2D eigenvalue weighted by Gasteiger charge is 2.05. The Balaban J connectivity index is 2.26. The monoisotopic (exact) mass is 236 g/mol. The molecule has 1 aromatic carbocycles. The second-order valence-corrected chi connectivity index (χ2v) is 5.98. The first-order valence-electron chi connectivity index (χ1n) is 4.93. The SMILES string of the molecule is CS(=O)(=O)CCc1ncc2ccccc2n1. The zero-order valence-electron chi connectivity index (χ0n) is 8.92. The molecule has 1 heterocycles. The highest BCUT2D eigenvalue weighted by molar-refractivity contribution is 7.90. The molecule has 5 heteroatoms. The molecule has 0 saturated heterocycles. The van der Waals surface area contributed by atoms with Gasteiger partial charge < -0.3 is 0 Å². The summed E-state index contributed by atoms with van der Waals surface area (Å²) in [6, 6.07) is 7.63. The molecule has 84 valence electrons. The quantitative estimate of drug-likeness (QED) is 0.804. The number of para-hydroxylation sites is 1. The molecule has 0 amide bonds. The maximum absolute atomic E-state index is 11.0. The molecule has 0 unspecified atom stereocenters. The summed E-state index contributed by atoms with van der Waals surface area (Å²) < 4.78 is 22.0. The lowest BCUT2D eigenvalue weighted by atomic mass is 10.2. The van der Waals surface area contributed by atoms with Crippen molar-refractivity contribution in [2.75, 3.05) is 12.0 Å². The van der Waals surface area contributed by atoms with Crippen molar-refractivity contribution in [2.45, 2.75) is 6.42 Å². The van der Waals surface area contributed by atoms with Gasteiger partial charge in [0.15, 0.2) is 0 Å². The van der Waals surface area contributed by atoms with Gasteiger partial charge in [0, 0.05) is 24.3 Å². The number of rotatable bonds is 3. The standard InChI is InChI=1S/C11H12N2O2S/c1-16(14,15)7-6-11-12-8-9-4-2-3-5-10(9)13-11/h2-5,8H,6-7H2,1H3. The van der Waals surface area contributed by atoms with E-state index in [1.165, 1.54) is 6.26 Å². The fraction of sp³-hybridized carbons (Fsp3) is 0.273. The minimum atomic E-state index is -2.96. The molecule has 0 aliphatic rings. The molecule has 0 aliphatic heterocycles. The van der Waals surface area contributed by atoms with Crippen molar-refractivity contribution in [1.29, 1.82) is 0 Å². The molecule has 1 aromatic heterocycles. The Morgan fingerprint density at radius 3 is 2.75 bits per heavy atom. The Morgan fingerprint density at radius 2 is 2.00 bits per heavy atom. The number of nitrogens with zero attached hydrogens (tertiary/aromatic N) is 2. The Kier molecular flexibility index (Phi) is 2.87. The molecule has 16 heavy (non-hydrogen) atoms. The van der Waals surface area contributed by atoms with Gasteiger partial charge in [0.05, 0.1) is 11.3 Å². The molecule has 0 fully saturated rings. The number of benzene rings is 1. The van der Waals surface area contributed by atoms with E-state index in [0.717, 1.165) is 10.9 Å².